The van der Waals surface area contributed by atoms with Gasteiger partial charge in [-0.15, -0.1) is 0 Å². The largest absolute Gasteiger partial charge is 2.00 e. The van der Waals surface area contributed by atoms with Crippen molar-refractivity contribution in [3.63, 3.8) is 0 Å². The Morgan fingerprint density at radius 2 is 2.03 bits per heavy atom. The van der Waals surface area contributed by atoms with Crippen molar-refractivity contribution in [2.24, 2.45) is 29.6 Å². The van der Waals surface area contributed by atoms with E-state index in [4.69, 9.17) is 9.47 Å². The third kappa shape index (κ3) is 6.04. The number of carbonyl (C=O) groups is 2. The van der Waals surface area contributed by atoms with E-state index < -0.39 is 6.10 Å². The van der Waals surface area contributed by atoms with Crippen molar-refractivity contribution in [1.29, 1.82) is 0 Å². The molecule has 3 rings (SSSR count). The van der Waals surface area contributed by atoms with Gasteiger partial charge in [-0.2, -0.15) is 0 Å². The average Bonchev–Trinajstić information content (AvgIpc) is 2.65. The van der Waals surface area contributed by atoms with Crippen LogP contribution in [0.25, 0.3) is 0 Å². The number of aliphatic hydroxyl groups excluding tert-OH is 1. The summed E-state index contributed by atoms with van der Waals surface area (Å²) >= 11 is 0. The number of hydrogen-bond donors (Lipinski definition) is 1. The van der Waals surface area contributed by atoms with E-state index in [-0.39, 0.29) is 61.9 Å². The summed E-state index contributed by atoms with van der Waals surface area (Å²) in [4.78, 5) is 24.2. The summed E-state index contributed by atoms with van der Waals surface area (Å²) in [7, 11) is 0. The molecule has 0 aromatic heterocycles. The summed E-state index contributed by atoms with van der Waals surface area (Å²) in [6.45, 7) is 8.33. The van der Waals surface area contributed by atoms with Crippen LogP contribution in [0.2, 0.25) is 0 Å². The van der Waals surface area contributed by atoms with Gasteiger partial charge in [0.2, 0.25) is 0 Å². The molecule has 1 N–H and O–H groups in total. The van der Waals surface area contributed by atoms with E-state index in [1.807, 2.05) is 13.8 Å². The molecule has 0 unspecified atom stereocenters. The maximum atomic E-state index is 12.5. The molecule has 8 atom stereocenters. The molecule has 30 heavy (non-hydrogen) atoms. The number of ether oxygens (including phenoxy) is 2. The average molecular weight is 470 g/mol. The van der Waals surface area contributed by atoms with Gasteiger partial charge in [-0.05, 0) is 49.0 Å². The van der Waals surface area contributed by atoms with Gasteiger partial charge < -0.3 is 14.6 Å². The fraction of sp³-hybridized carbons (Fsp3) is 0.750. The van der Waals surface area contributed by atoms with Gasteiger partial charge >= 0.3 is 31.4 Å². The zero-order valence-electron chi connectivity index (χ0n) is 18.9. The first-order valence-electron chi connectivity index (χ1n) is 11.3. The van der Waals surface area contributed by atoms with Crippen LogP contribution in [0.1, 0.15) is 66.2 Å². The van der Waals surface area contributed by atoms with E-state index in [0.29, 0.717) is 24.2 Å². The minimum atomic E-state index is -0.597. The van der Waals surface area contributed by atoms with E-state index in [1.54, 1.807) is 0 Å². The van der Waals surface area contributed by atoms with Crippen LogP contribution >= 0.6 is 0 Å². The first-order valence-corrected chi connectivity index (χ1v) is 11.3. The molecule has 0 amide bonds. The third-order valence-corrected chi connectivity index (χ3v) is 6.93. The number of aliphatic hydroxyl groups is 1. The summed E-state index contributed by atoms with van der Waals surface area (Å²) < 4.78 is 11.5. The Bertz CT molecular complexity index is 673. The molecular weight excluding hydrogens is 434 g/mol. The second-order valence-electron chi connectivity index (χ2n) is 9.36. The smallest absolute Gasteiger partial charge is 0.462 e. The summed E-state index contributed by atoms with van der Waals surface area (Å²) in [6, 6.07) is 0. The quantitative estimate of drug-likeness (QED) is 0.466. The Morgan fingerprint density at radius 1 is 1.30 bits per heavy atom. The molecule has 162 valence electrons. The molecule has 0 aromatic rings. The van der Waals surface area contributed by atoms with Gasteiger partial charge in [0.25, 0.3) is 0 Å². The van der Waals surface area contributed by atoms with Gasteiger partial charge in [-0.25, -0.2) is 0 Å². The van der Waals surface area contributed by atoms with E-state index in [9.17, 15) is 14.7 Å². The number of cyclic esters (lactones) is 1. The Balaban J connectivity index is 0.00000320. The number of allylic oxidation sites excluding steroid dienone is 3. The zero-order valence-corrected chi connectivity index (χ0v) is 21.8. The molecule has 3 aliphatic rings. The SMILES string of the molecule is CC[C@H](C)C(=O)O[C@H]1C[C@@H](C)C=C2C=C[C@H](C)[C@H](CC[C@@H]3C[C@@H](O)CC(=O)O3)[C@H]21.[Zn+2]. The molecule has 1 saturated heterocycles. The van der Waals surface area contributed by atoms with Crippen LogP contribution in [0.3, 0.4) is 0 Å². The molecule has 0 radical (unpaired) electrons. The molecule has 1 fully saturated rings. The van der Waals surface area contributed by atoms with E-state index in [2.05, 4.69) is 32.1 Å². The van der Waals surface area contributed by atoms with Gasteiger partial charge in [0.05, 0.1) is 18.4 Å². The molecular formula is C24H36O5Zn+2. The zero-order chi connectivity index (χ0) is 21.1. The summed E-state index contributed by atoms with van der Waals surface area (Å²) in [5.74, 6) is 0.755. The van der Waals surface area contributed by atoms with Crippen molar-refractivity contribution in [2.75, 3.05) is 0 Å². The van der Waals surface area contributed by atoms with Crippen molar-refractivity contribution in [3.8, 4) is 0 Å². The number of rotatable bonds is 6. The van der Waals surface area contributed by atoms with Crippen LogP contribution in [-0.4, -0.2) is 35.4 Å². The minimum Gasteiger partial charge on any atom is -0.462 e. The summed E-state index contributed by atoms with van der Waals surface area (Å²) in [6.07, 6.45) is 9.70. The normalized spacial score (nSPS) is 36.6. The molecule has 1 heterocycles. The molecule has 0 bridgehead atoms. The fourth-order valence-corrected chi connectivity index (χ4v) is 5.07. The summed E-state index contributed by atoms with van der Waals surface area (Å²) in [5, 5.41) is 9.89. The van der Waals surface area contributed by atoms with Gasteiger partial charge in [0, 0.05) is 12.3 Å². The molecule has 5 nitrogen and oxygen atoms in total. The second-order valence-corrected chi connectivity index (χ2v) is 9.36. The van der Waals surface area contributed by atoms with Crippen molar-refractivity contribution < 1.29 is 43.6 Å². The van der Waals surface area contributed by atoms with Crippen LogP contribution in [0.4, 0.5) is 0 Å². The maximum absolute atomic E-state index is 12.5. The standard InChI is InChI=1S/C24H36O5.Zn/c1-5-15(3)24(27)29-21-11-14(2)10-17-7-6-16(4)20(23(17)21)9-8-19-12-18(25)13-22(26)28-19;/h6-7,10,14-16,18-21,23,25H,5,8-9,11-13H2,1-4H3;/q;+2/t14-,15-,16-,18+,19+,20-,21-,23-;/m0./s1. The number of fused-ring (bicyclic) bond motifs is 1. The monoisotopic (exact) mass is 468 g/mol. The molecule has 0 aromatic carbocycles. The van der Waals surface area contributed by atoms with Crippen LogP contribution in [0, 0.1) is 29.6 Å². The predicted octanol–water partition coefficient (Wildman–Crippen LogP) is 4.19. The Labute approximate surface area is 193 Å². The van der Waals surface area contributed by atoms with Crippen molar-refractivity contribution in [1.82, 2.24) is 0 Å². The predicted molar refractivity (Wildman–Crippen MR) is 111 cm³/mol. The topological polar surface area (TPSA) is 72.8 Å². The first-order chi connectivity index (χ1) is 13.8. The van der Waals surface area contributed by atoms with E-state index >= 15 is 0 Å². The maximum Gasteiger partial charge on any atom is 2.00 e. The Hall–Kier alpha value is -0.997. The number of hydrogen-bond acceptors (Lipinski definition) is 5. The van der Waals surface area contributed by atoms with Crippen molar-refractivity contribution >= 4 is 11.9 Å². The third-order valence-electron chi connectivity index (χ3n) is 6.93. The van der Waals surface area contributed by atoms with E-state index in [0.717, 1.165) is 25.7 Å². The number of carbonyl (C=O) groups excluding carboxylic acids is 2. The van der Waals surface area contributed by atoms with Crippen molar-refractivity contribution in [3.05, 3.63) is 23.8 Å². The van der Waals surface area contributed by atoms with Crippen molar-refractivity contribution in [2.45, 2.75) is 84.5 Å². The van der Waals surface area contributed by atoms with Gasteiger partial charge in [-0.1, -0.05) is 45.9 Å². The summed E-state index contributed by atoms with van der Waals surface area (Å²) in [5.41, 5.74) is 1.27. The van der Waals surface area contributed by atoms with Gasteiger partial charge in [0.1, 0.15) is 12.2 Å². The van der Waals surface area contributed by atoms with Crippen LogP contribution in [0.15, 0.2) is 23.8 Å². The molecule has 6 heteroatoms. The molecule has 1 aliphatic heterocycles. The van der Waals surface area contributed by atoms with E-state index in [1.165, 1.54) is 5.57 Å². The number of esters is 2. The van der Waals surface area contributed by atoms with Crippen LogP contribution in [0.5, 0.6) is 0 Å². The second kappa shape index (κ2) is 11.0. The minimum absolute atomic E-state index is 0. The fourth-order valence-electron chi connectivity index (χ4n) is 5.07. The van der Waals surface area contributed by atoms with Crippen LogP contribution < -0.4 is 0 Å². The van der Waals surface area contributed by atoms with Gasteiger partial charge in [-0.3, -0.25) is 9.59 Å². The Morgan fingerprint density at radius 3 is 2.70 bits per heavy atom. The van der Waals surface area contributed by atoms with Gasteiger partial charge in [0.15, 0.2) is 0 Å². The molecule has 2 aliphatic carbocycles. The molecule has 0 saturated carbocycles. The Kier molecular flexibility index (Phi) is 9.30. The molecule has 0 spiro atoms. The van der Waals surface area contributed by atoms with Crippen LogP contribution in [-0.2, 0) is 38.5 Å². The first kappa shape index (κ1) is 25.3.